The van der Waals surface area contributed by atoms with Gasteiger partial charge in [-0.15, -0.1) is 0 Å². The molecule has 32 atom stereocenters. The lowest BCUT2D eigenvalue weighted by Crippen LogP contribution is -2.39. The topological polar surface area (TPSA) is 503 Å². The highest BCUT2D eigenvalue weighted by Gasteiger charge is 2.53. The molecule has 8 fully saturated rings. The smallest absolute Gasteiger partial charge is 0.186 e. The van der Waals surface area contributed by atoms with Gasteiger partial charge in [-0.3, -0.25) is 0 Å². The van der Waals surface area contributed by atoms with Crippen LogP contribution in [0.25, 0.3) is 0 Å². The van der Waals surface area contributed by atoms with Crippen LogP contribution < -0.4 is 0 Å². The number of aliphatic hydroxyl groups excluding tert-OH is 18. The second kappa shape index (κ2) is 24.8. The van der Waals surface area contributed by atoms with Crippen molar-refractivity contribution in [2.45, 2.75) is 197 Å². The van der Waals surface area contributed by atoms with E-state index in [0.717, 1.165) is 0 Å². The lowest BCUT2D eigenvalue weighted by molar-refractivity contribution is -0.231. The predicted molar refractivity (Wildman–Crippen MR) is 216 cm³/mol. The molecule has 0 aromatic heterocycles. The maximum Gasteiger partial charge on any atom is 0.186 e. The third-order valence-corrected chi connectivity index (χ3v) is 13.7. The minimum atomic E-state index is -1.70. The first kappa shape index (κ1) is 57.8. The van der Waals surface area contributed by atoms with Crippen molar-refractivity contribution >= 4 is 0 Å². The molecule has 0 radical (unpaired) electrons. The molecular weight excluding hydrogens is 1010 g/mol. The Morgan fingerprint density at radius 2 is 0.370 bits per heavy atom. The Hall–Kier alpha value is -1.32. The van der Waals surface area contributed by atoms with Gasteiger partial charge < -0.3 is 163 Å². The molecular formula is C40H66O33. The van der Waals surface area contributed by atoms with E-state index in [1.807, 2.05) is 0 Å². The van der Waals surface area contributed by atoms with Crippen molar-refractivity contribution in [3.8, 4) is 0 Å². The van der Waals surface area contributed by atoms with Crippen molar-refractivity contribution in [2.75, 3.05) is 52.9 Å². The Balaban J connectivity index is 0.719. The van der Waals surface area contributed by atoms with E-state index in [0.29, 0.717) is 0 Å². The number of hydrogen-bond donors (Lipinski definition) is 18. The largest absolute Gasteiger partial charge is 0.394 e. The molecule has 0 aliphatic carbocycles. The highest BCUT2D eigenvalue weighted by molar-refractivity contribution is 4.95. The maximum atomic E-state index is 10.7. The third kappa shape index (κ3) is 12.4. The molecule has 0 bridgehead atoms. The van der Waals surface area contributed by atoms with Gasteiger partial charge in [-0.25, -0.2) is 0 Å². The van der Waals surface area contributed by atoms with E-state index >= 15 is 0 Å². The molecule has 0 saturated carbocycles. The van der Waals surface area contributed by atoms with Gasteiger partial charge in [0, 0.05) is 0 Å². The van der Waals surface area contributed by atoms with Gasteiger partial charge in [-0.05, 0) is 0 Å². The second-order valence-corrected chi connectivity index (χ2v) is 18.7. The van der Waals surface area contributed by atoms with Crippen molar-refractivity contribution < 1.29 is 163 Å². The number of hydrogen-bond acceptors (Lipinski definition) is 33. The van der Waals surface area contributed by atoms with E-state index in [2.05, 4.69) is 0 Å². The van der Waals surface area contributed by atoms with Gasteiger partial charge in [-0.2, -0.15) is 0 Å². The van der Waals surface area contributed by atoms with Crippen LogP contribution in [-0.2, 0) is 71.1 Å². The summed E-state index contributed by atoms with van der Waals surface area (Å²) in [5.41, 5.74) is 0. The summed E-state index contributed by atoms with van der Waals surface area (Å²) >= 11 is 0. The van der Waals surface area contributed by atoms with Crippen LogP contribution in [0.15, 0.2) is 0 Å². The summed E-state index contributed by atoms with van der Waals surface area (Å²) in [5, 5.41) is 185. The van der Waals surface area contributed by atoms with E-state index in [9.17, 15) is 91.9 Å². The Kier molecular flexibility index (Phi) is 19.6. The second-order valence-electron chi connectivity index (χ2n) is 18.7. The van der Waals surface area contributed by atoms with Crippen molar-refractivity contribution in [1.82, 2.24) is 0 Å². The first-order valence-electron chi connectivity index (χ1n) is 23.4. The zero-order chi connectivity index (χ0) is 52.7. The molecule has 8 aliphatic rings. The zero-order valence-corrected chi connectivity index (χ0v) is 38.3. The van der Waals surface area contributed by atoms with Gasteiger partial charge in [0.05, 0.1) is 52.9 Å². The van der Waals surface area contributed by atoms with Crippen molar-refractivity contribution in [3.05, 3.63) is 0 Å². The Morgan fingerprint density at radius 1 is 0.205 bits per heavy atom. The Morgan fingerprint density at radius 3 is 0.534 bits per heavy atom. The Bertz CT molecular complexity index is 1710. The molecule has 0 unspecified atom stereocenters. The summed E-state index contributed by atoms with van der Waals surface area (Å²) in [4.78, 5) is 0. The first-order valence-corrected chi connectivity index (χ1v) is 23.4. The van der Waals surface area contributed by atoms with E-state index in [-0.39, 0.29) is 0 Å². The molecule has 18 N–H and O–H groups in total. The normalized spacial score (nSPS) is 53.2. The summed E-state index contributed by atoms with van der Waals surface area (Å²) in [5.74, 6) is 0. The van der Waals surface area contributed by atoms with Crippen LogP contribution in [0, 0.1) is 0 Å². The highest BCUT2D eigenvalue weighted by Crippen LogP contribution is 2.33. The fourth-order valence-corrected chi connectivity index (χ4v) is 9.14. The molecule has 424 valence electrons. The SMILES string of the molecule is OC[C@@H]1O[C@@H](OC[C@@H]2O[C@@H](OC[C@@H]3O[C@@H](OC[C@@H]4O[C@@H](OC[C@@H]5O[C@@H](OC[C@@H]6O[C@@H](OC[C@@H]7O[C@@H](OC[C@@H]8O[C@@H](O)[C@H](O)[C@H]8O)[C@H](O)[C@H]7O)[C@H](O)[C@H]6O)[C@H](O)[C@H]5O)[C@H](O)[C@H]4O)[C@H](O)[C@H]3O)[C@H](O)[C@H]2O)[C@H](O)[C@H]1O. The summed E-state index contributed by atoms with van der Waals surface area (Å²) < 4.78 is 81.8. The Labute approximate surface area is 412 Å². The summed E-state index contributed by atoms with van der Waals surface area (Å²) in [7, 11) is 0. The van der Waals surface area contributed by atoms with Gasteiger partial charge in [0.1, 0.15) is 146 Å². The molecule has 8 saturated heterocycles. The fourth-order valence-electron chi connectivity index (χ4n) is 9.14. The molecule has 8 aliphatic heterocycles. The fraction of sp³-hybridized carbons (Fsp3) is 1.00. The molecule has 0 aromatic carbocycles. The van der Waals surface area contributed by atoms with Crippen LogP contribution in [-0.4, -0.2) is 342 Å². The van der Waals surface area contributed by atoms with Crippen molar-refractivity contribution in [2.24, 2.45) is 0 Å². The van der Waals surface area contributed by atoms with Gasteiger partial charge in [0.25, 0.3) is 0 Å². The van der Waals surface area contributed by atoms with Crippen LogP contribution in [0.4, 0.5) is 0 Å². The maximum absolute atomic E-state index is 10.7. The van der Waals surface area contributed by atoms with E-state index in [4.69, 9.17) is 71.1 Å². The van der Waals surface area contributed by atoms with E-state index in [1.54, 1.807) is 0 Å². The average Bonchev–Trinajstić information content (AvgIpc) is 4.23. The van der Waals surface area contributed by atoms with Crippen molar-refractivity contribution in [1.29, 1.82) is 0 Å². The van der Waals surface area contributed by atoms with Gasteiger partial charge in [-0.1, -0.05) is 0 Å². The third-order valence-electron chi connectivity index (χ3n) is 13.7. The highest BCUT2D eigenvalue weighted by atomic mass is 16.8. The number of aliphatic hydroxyl groups is 18. The lowest BCUT2D eigenvalue weighted by Gasteiger charge is -2.21. The lowest BCUT2D eigenvalue weighted by atomic mass is 10.1. The predicted octanol–water partition coefficient (Wildman–Crippen LogP) is -13.3. The van der Waals surface area contributed by atoms with Crippen LogP contribution in [0.5, 0.6) is 0 Å². The van der Waals surface area contributed by atoms with Gasteiger partial charge >= 0.3 is 0 Å². The monoisotopic (exact) mass is 1070 g/mol. The minimum Gasteiger partial charge on any atom is -0.394 e. The zero-order valence-electron chi connectivity index (χ0n) is 38.3. The first-order chi connectivity index (χ1) is 34.7. The summed E-state index contributed by atoms with van der Waals surface area (Å²) in [6, 6.07) is 0. The molecule has 8 heterocycles. The molecule has 0 spiro atoms. The van der Waals surface area contributed by atoms with E-state index in [1.165, 1.54) is 0 Å². The molecule has 0 amide bonds. The molecule has 33 heteroatoms. The van der Waals surface area contributed by atoms with Crippen LogP contribution in [0.3, 0.4) is 0 Å². The molecule has 0 aromatic rings. The van der Waals surface area contributed by atoms with Crippen LogP contribution in [0.2, 0.25) is 0 Å². The standard InChI is InChI=1S/C40H66O33/c41-1-9-17(42)26(51)34(67-9)60-3-11-19(44)28(53)36(69-11)62-5-13-21(46)30(55)38(71-13)64-7-15-23(48)32(57)40(73-15)65-8-16-24(49)31(56)39(72-16)63-6-14-22(47)29(54)37(70-14)61-4-12-20(45)27(52)35(68-12)59-2-10-18(43)25(50)33(58)66-10/h9-58H,1-8H2/t9-,10-,11-,12-,13-,14-,15-,16-,17-,18-,19-,20-,21-,22-,23-,24-,25+,26+,27+,28+,29+,30+,31+,32+,33+,34+,35+,36+,37+,38+,39+,40+/m0/s1. The van der Waals surface area contributed by atoms with Gasteiger partial charge in [0.15, 0.2) is 50.3 Å². The van der Waals surface area contributed by atoms with Crippen LogP contribution >= 0.6 is 0 Å². The van der Waals surface area contributed by atoms with E-state index < -0.39 is 250 Å². The van der Waals surface area contributed by atoms with Crippen LogP contribution in [0.1, 0.15) is 0 Å². The molecule has 33 nitrogen and oxygen atoms in total. The number of rotatable bonds is 22. The minimum absolute atomic E-state index is 0.444. The molecule has 73 heavy (non-hydrogen) atoms. The summed E-state index contributed by atoms with van der Waals surface area (Å²) in [6.45, 7) is -4.14. The quantitative estimate of drug-likeness (QED) is 0.0479. The number of ether oxygens (including phenoxy) is 15. The van der Waals surface area contributed by atoms with Gasteiger partial charge in [0.2, 0.25) is 0 Å². The average molecular weight is 1070 g/mol. The summed E-state index contributed by atoms with van der Waals surface area (Å²) in [6.07, 6.45) is -47.8. The molecule has 8 rings (SSSR count). The van der Waals surface area contributed by atoms with Crippen molar-refractivity contribution in [3.63, 3.8) is 0 Å².